The minimum atomic E-state index is -0.260. The fourth-order valence-corrected chi connectivity index (χ4v) is 2.51. The van der Waals surface area contributed by atoms with E-state index in [2.05, 4.69) is 22.9 Å². The molecule has 18 heavy (non-hydrogen) atoms. The van der Waals surface area contributed by atoms with Crippen molar-refractivity contribution in [2.45, 2.75) is 18.2 Å². The average Bonchev–Trinajstić information content (AvgIpc) is 2.35. The highest BCUT2D eigenvalue weighted by atomic mass is 79.9. The van der Waals surface area contributed by atoms with E-state index >= 15 is 0 Å². The van der Waals surface area contributed by atoms with Gasteiger partial charge in [0.2, 0.25) is 0 Å². The van der Waals surface area contributed by atoms with Crippen LogP contribution in [-0.4, -0.2) is 38.9 Å². The Kier molecular flexibility index (Phi) is 3.80. The first-order chi connectivity index (χ1) is 8.49. The van der Waals surface area contributed by atoms with Crippen LogP contribution in [0.5, 0.6) is 11.5 Å². The fourth-order valence-electron chi connectivity index (χ4n) is 2.14. The number of likely N-dealkylation sites (tertiary alicyclic amines) is 1. The van der Waals surface area contributed by atoms with Crippen LogP contribution in [0, 0.1) is 5.92 Å². The van der Waals surface area contributed by atoms with Crippen molar-refractivity contribution < 1.29 is 15.0 Å². The van der Waals surface area contributed by atoms with Crippen LogP contribution in [0.1, 0.15) is 23.7 Å². The van der Waals surface area contributed by atoms with Crippen LogP contribution in [0.15, 0.2) is 18.2 Å². The lowest BCUT2D eigenvalue weighted by Gasteiger charge is -2.34. The van der Waals surface area contributed by atoms with Gasteiger partial charge in [0.05, 0.1) is 0 Å². The summed E-state index contributed by atoms with van der Waals surface area (Å²) in [6, 6.07) is 4.17. The lowest BCUT2D eigenvalue weighted by molar-refractivity contribution is 0.0690. The van der Waals surface area contributed by atoms with E-state index in [1.54, 1.807) is 4.90 Å². The minimum Gasteiger partial charge on any atom is -0.504 e. The molecule has 0 radical (unpaired) electrons. The van der Waals surface area contributed by atoms with Crippen molar-refractivity contribution >= 4 is 21.8 Å². The van der Waals surface area contributed by atoms with E-state index in [4.69, 9.17) is 0 Å². The Morgan fingerprint density at radius 2 is 2.11 bits per heavy atom. The number of phenolic OH excluding ortho intramolecular Hbond substituents is 2. The average molecular weight is 314 g/mol. The molecule has 2 unspecified atom stereocenters. The predicted molar refractivity (Wildman–Crippen MR) is 72.2 cm³/mol. The maximum Gasteiger partial charge on any atom is 0.254 e. The van der Waals surface area contributed by atoms with Crippen molar-refractivity contribution in [3.8, 4) is 11.5 Å². The molecule has 1 aliphatic heterocycles. The summed E-state index contributed by atoms with van der Waals surface area (Å²) >= 11 is 3.60. The number of aromatic hydroxyl groups is 2. The summed E-state index contributed by atoms with van der Waals surface area (Å²) in [4.78, 5) is 14.5. The van der Waals surface area contributed by atoms with Crippen molar-refractivity contribution in [2.75, 3.05) is 13.1 Å². The third-order valence-electron chi connectivity index (χ3n) is 3.31. The molecule has 1 heterocycles. The molecular formula is C13H16BrNO3. The van der Waals surface area contributed by atoms with E-state index in [0.29, 0.717) is 29.4 Å². The molecular weight excluding hydrogens is 298 g/mol. The van der Waals surface area contributed by atoms with Gasteiger partial charge < -0.3 is 15.1 Å². The van der Waals surface area contributed by atoms with Crippen molar-refractivity contribution in [1.29, 1.82) is 0 Å². The van der Waals surface area contributed by atoms with Crippen molar-refractivity contribution in [3.63, 3.8) is 0 Å². The Bertz CT molecular complexity index is 464. The molecule has 1 aliphatic rings. The van der Waals surface area contributed by atoms with E-state index in [1.165, 1.54) is 18.2 Å². The monoisotopic (exact) mass is 313 g/mol. The van der Waals surface area contributed by atoms with Crippen LogP contribution in [0.3, 0.4) is 0 Å². The molecule has 1 fully saturated rings. The van der Waals surface area contributed by atoms with E-state index in [0.717, 1.165) is 6.42 Å². The number of hydrogen-bond acceptors (Lipinski definition) is 3. The summed E-state index contributed by atoms with van der Waals surface area (Å²) < 4.78 is 0. The number of piperidine rings is 1. The van der Waals surface area contributed by atoms with Crippen molar-refractivity contribution in [3.05, 3.63) is 23.8 Å². The van der Waals surface area contributed by atoms with Gasteiger partial charge in [-0.05, 0) is 30.5 Å². The predicted octanol–water partition coefficient (Wildman–Crippen LogP) is 2.34. The third-order valence-corrected chi connectivity index (χ3v) is 4.67. The Hall–Kier alpha value is -1.23. The topological polar surface area (TPSA) is 60.8 Å². The quantitative estimate of drug-likeness (QED) is 0.618. The molecule has 4 nitrogen and oxygen atoms in total. The van der Waals surface area contributed by atoms with Gasteiger partial charge in [-0.1, -0.05) is 22.9 Å². The van der Waals surface area contributed by atoms with Crippen LogP contribution >= 0.6 is 15.9 Å². The molecule has 2 atom stereocenters. The maximum atomic E-state index is 12.2. The zero-order valence-corrected chi connectivity index (χ0v) is 11.7. The Morgan fingerprint density at radius 1 is 1.39 bits per heavy atom. The van der Waals surface area contributed by atoms with Gasteiger partial charge in [-0.2, -0.15) is 0 Å². The zero-order chi connectivity index (χ0) is 13.3. The second kappa shape index (κ2) is 5.18. The second-order valence-electron chi connectivity index (χ2n) is 4.74. The standard InChI is InChI=1S/C13H16BrNO3/c1-8-7-15(5-4-10(8)14)13(18)9-2-3-11(16)12(17)6-9/h2-3,6,8,10,16-17H,4-5,7H2,1H3. The van der Waals surface area contributed by atoms with Gasteiger partial charge in [0.1, 0.15) is 0 Å². The first-order valence-electron chi connectivity index (χ1n) is 5.94. The molecule has 5 heteroatoms. The van der Waals surface area contributed by atoms with Crippen LogP contribution < -0.4 is 0 Å². The summed E-state index contributed by atoms with van der Waals surface area (Å²) in [6.07, 6.45) is 0.928. The highest BCUT2D eigenvalue weighted by Gasteiger charge is 2.27. The molecule has 0 saturated carbocycles. The number of nitrogens with zero attached hydrogens (tertiary/aromatic N) is 1. The van der Waals surface area contributed by atoms with Crippen molar-refractivity contribution in [1.82, 2.24) is 4.90 Å². The van der Waals surface area contributed by atoms with E-state index in [9.17, 15) is 15.0 Å². The number of hydrogen-bond donors (Lipinski definition) is 2. The highest BCUT2D eigenvalue weighted by Crippen LogP contribution is 2.28. The van der Waals surface area contributed by atoms with E-state index in [-0.39, 0.29) is 17.4 Å². The number of phenols is 2. The molecule has 0 spiro atoms. The largest absolute Gasteiger partial charge is 0.504 e. The molecule has 1 saturated heterocycles. The van der Waals surface area contributed by atoms with Gasteiger partial charge in [0.15, 0.2) is 11.5 Å². The van der Waals surface area contributed by atoms with Gasteiger partial charge in [0.25, 0.3) is 5.91 Å². The lowest BCUT2D eigenvalue weighted by Crippen LogP contribution is -2.43. The van der Waals surface area contributed by atoms with Gasteiger partial charge in [0, 0.05) is 23.5 Å². The molecule has 2 rings (SSSR count). The van der Waals surface area contributed by atoms with E-state index in [1.807, 2.05) is 0 Å². The summed E-state index contributed by atoms with van der Waals surface area (Å²) in [7, 11) is 0. The third kappa shape index (κ3) is 2.61. The van der Waals surface area contributed by atoms with Gasteiger partial charge in [-0.3, -0.25) is 4.79 Å². The maximum absolute atomic E-state index is 12.2. The smallest absolute Gasteiger partial charge is 0.254 e. The highest BCUT2D eigenvalue weighted by molar-refractivity contribution is 9.09. The van der Waals surface area contributed by atoms with Crippen molar-refractivity contribution in [2.24, 2.45) is 5.92 Å². The Balaban J connectivity index is 2.14. The van der Waals surface area contributed by atoms with Gasteiger partial charge in [-0.15, -0.1) is 0 Å². The number of benzene rings is 1. The molecule has 0 aliphatic carbocycles. The first-order valence-corrected chi connectivity index (χ1v) is 6.86. The number of rotatable bonds is 1. The molecule has 0 bridgehead atoms. The van der Waals surface area contributed by atoms with Crippen LogP contribution in [0.4, 0.5) is 0 Å². The zero-order valence-electron chi connectivity index (χ0n) is 10.1. The number of carbonyl (C=O) groups is 1. The molecule has 0 aromatic heterocycles. The molecule has 98 valence electrons. The minimum absolute atomic E-state index is 0.100. The normalized spacial score (nSPS) is 24.0. The molecule has 1 aromatic rings. The summed E-state index contributed by atoms with van der Waals surface area (Å²) in [5, 5.41) is 18.6. The van der Waals surface area contributed by atoms with E-state index < -0.39 is 0 Å². The number of amides is 1. The Labute approximate surface area is 114 Å². The van der Waals surface area contributed by atoms with Gasteiger partial charge in [-0.25, -0.2) is 0 Å². The number of halogens is 1. The molecule has 1 amide bonds. The van der Waals surface area contributed by atoms with Crippen LogP contribution in [-0.2, 0) is 0 Å². The second-order valence-corrected chi connectivity index (χ2v) is 5.91. The summed E-state index contributed by atoms with van der Waals surface area (Å²) in [6.45, 7) is 3.52. The summed E-state index contributed by atoms with van der Waals surface area (Å²) in [5.74, 6) is -0.159. The SMILES string of the molecule is CC1CN(C(=O)c2ccc(O)c(O)c2)CCC1Br. The fraction of sp³-hybridized carbons (Fsp3) is 0.462. The molecule has 2 N–H and O–H groups in total. The lowest BCUT2D eigenvalue weighted by atomic mass is 9.99. The Morgan fingerprint density at radius 3 is 2.72 bits per heavy atom. The number of carbonyl (C=O) groups excluding carboxylic acids is 1. The van der Waals surface area contributed by atoms with Gasteiger partial charge >= 0.3 is 0 Å². The van der Waals surface area contributed by atoms with Crippen LogP contribution in [0.2, 0.25) is 0 Å². The van der Waals surface area contributed by atoms with Crippen LogP contribution in [0.25, 0.3) is 0 Å². The number of alkyl halides is 1. The first kappa shape index (κ1) is 13.2. The molecule has 1 aromatic carbocycles. The summed E-state index contributed by atoms with van der Waals surface area (Å²) in [5.41, 5.74) is 0.408.